The number of carbonyl (C=O) groups is 1. The number of carbonyl (C=O) groups excluding carboxylic acids is 1. The maximum absolute atomic E-state index is 12.1. The highest BCUT2D eigenvalue weighted by Crippen LogP contribution is 2.26. The van der Waals surface area contributed by atoms with E-state index in [-0.39, 0.29) is 5.91 Å². The Hall–Kier alpha value is -0.710. The van der Waals surface area contributed by atoms with Crippen molar-refractivity contribution in [3.63, 3.8) is 0 Å². The minimum Gasteiger partial charge on any atom is -0.391 e. The second-order valence-corrected chi connectivity index (χ2v) is 4.69. The van der Waals surface area contributed by atoms with E-state index < -0.39 is 6.10 Å². The van der Waals surface area contributed by atoms with Crippen molar-refractivity contribution < 1.29 is 9.90 Å². The highest BCUT2D eigenvalue weighted by atomic mass is 35.5. The number of halogens is 2. The topological polar surface area (TPSA) is 45.5 Å². The fourth-order valence-electron chi connectivity index (χ4n) is 1.84. The fraction of sp³-hybridized carbons (Fsp3) is 0.500. The maximum atomic E-state index is 12.1. The van der Waals surface area contributed by atoms with Crippen LogP contribution in [0.2, 0.25) is 10.2 Å². The van der Waals surface area contributed by atoms with Gasteiger partial charge in [-0.15, -0.1) is 0 Å². The minimum absolute atomic E-state index is 0.146. The number of aliphatic hydroxyl groups excluding tert-OH is 1. The molecule has 1 fully saturated rings. The first-order valence-electron chi connectivity index (χ1n) is 4.98. The SMILES string of the molecule is Cn1c(C(=O)N2CC[C@H](O)C2)cc(Cl)c1Cl. The molecule has 1 aromatic heterocycles. The first-order chi connectivity index (χ1) is 7.50. The number of amides is 1. The van der Waals surface area contributed by atoms with Gasteiger partial charge in [0, 0.05) is 20.1 Å². The van der Waals surface area contributed by atoms with Crippen LogP contribution in [-0.2, 0) is 7.05 Å². The summed E-state index contributed by atoms with van der Waals surface area (Å²) in [4.78, 5) is 13.7. The summed E-state index contributed by atoms with van der Waals surface area (Å²) in [7, 11) is 1.69. The maximum Gasteiger partial charge on any atom is 0.270 e. The van der Waals surface area contributed by atoms with Gasteiger partial charge >= 0.3 is 0 Å². The van der Waals surface area contributed by atoms with Gasteiger partial charge in [0.25, 0.3) is 5.91 Å². The number of nitrogens with zero attached hydrogens (tertiary/aromatic N) is 2. The summed E-state index contributed by atoms with van der Waals surface area (Å²) < 4.78 is 1.55. The van der Waals surface area contributed by atoms with Gasteiger partial charge in [0.05, 0.1) is 11.1 Å². The Bertz CT molecular complexity index is 431. The smallest absolute Gasteiger partial charge is 0.270 e. The Morgan fingerprint density at radius 3 is 2.69 bits per heavy atom. The Labute approximate surface area is 103 Å². The number of rotatable bonds is 1. The van der Waals surface area contributed by atoms with Gasteiger partial charge in [-0.05, 0) is 12.5 Å². The zero-order chi connectivity index (χ0) is 11.9. The van der Waals surface area contributed by atoms with E-state index >= 15 is 0 Å². The van der Waals surface area contributed by atoms with Crippen LogP contribution in [0.3, 0.4) is 0 Å². The Morgan fingerprint density at radius 1 is 1.56 bits per heavy atom. The average Bonchev–Trinajstić information content (AvgIpc) is 2.78. The lowest BCUT2D eigenvalue weighted by Crippen LogP contribution is -2.30. The van der Waals surface area contributed by atoms with Gasteiger partial charge in [-0.25, -0.2) is 0 Å². The van der Waals surface area contributed by atoms with Gasteiger partial charge in [0.15, 0.2) is 0 Å². The van der Waals surface area contributed by atoms with E-state index in [1.54, 1.807) is 22.6 Å². The largest absolute Gasteiger partial charge is 0.391 e. The molecule has 2 rings (SSSR count). The van der Waals surface area contributed by atoms with Crippen molar-refractivity contribution in [2.75, 3.05) is 13.1 Å². The molecule has 1 saturated heterocycles. The molecule has 2 heterocycles. The Kier molecular flexibility index (Phi) is 3.15. The first kappa shape index (κ1) is 11.8. The molecule has 0 radical (unpaired) electrons. The van der Waals surface area contributed by atoms with Crippen LogP contribution < -0.4 is 0 Å². The molecule has 6 heteroatoms. The van der Waals surface area contributed by atoms with Crippen molar-refractivity contribution in [2.45, 2.75) is 12.5 Å². The number of aromatic nitrogens is 1. The van der Waals surface area contributed by atoms with E-state index in [4.69, 9.17) is 23.2 Å². The monoisotopic (exact) mass is 262 g/mol. The Morgan fingerprint density at radius 2 is 2.25 bits per heavy atom. The number of aliphatic hydroxyl groups is 1. The van der Waals surface area contributed by atoms with Gasteiger partial charge in [-0.1, -0.05) is 23.2 Å². The van der Waals surface area contributed by atoms with Crippen LogP contribution in [0, 0.1) is 0 Å². The third kappa shape index (κ3) is 1.93. The fourth-order valence-corrected chi connectivity index (χ4v) is 2.21. The highest BCUT2D eigenvalue weighted by Gasteiger charge is 2.27. The Balaban J connectivity index is 2.24. The molecule has 88 valence electrons. The molecule has 0 spiro atoms. The second kappa shape index (κ2) is 4.28. The van der Waals surface area contributed by atoms with Crippen LogP contribution in [0.15, 0.2) is 6.07 Å². The van der Waals surface area contributed by atoms with Crippen molar-refractivity contribution in [2.24, 2.45) is 7.05 Å². The van der Waals surface area contributed by atoms with Crippen LogP contribution in [0.25, 0.3) is 0 Å². The lowest BCUT2D eigenvalue weighted by atomic mass is 10.3. The van der Waals surface area contributed by atoms with E-state index in [0.717, 1.165) is 0 Å². The predicted octanol–water partition coefficient (Wildman–Crippen LogP) is 1.54. The zero-order valence-electron chi connectivity index (χ0n) is 8.78. The van der Waals surface area contributed by atoms with Gasteiger partial charge in [0.2, 0.25) is 0 Å². The molecule has 0 bridgehead atoms. The third-order valence-electron chi connectivity index (χ3n) is 2.79. The predicted molar refractivity (Wildman–Crippen MR) is 62.0 cm³/mol. The van der Waals surface area contributed by atoms with Crippen LogP contribution in [0.1, 0.15) is 16.9 Å². The van der Waals surface area contributed by atoms with Crippen molar-refractivity contribution >= 4 is 29.1 Å². The minimum atomic E-state index is -0.421. The summed E-state index contributed by atoms with van der Waals surface area (Å²) in [6.07, 6.45) is 0.201. The van der Waals surface area contributed by atoms with Crippen molar-refractivity contribution in [1.29, 1.82) is 0 Å². The van der Waals surface area contributed by atoms with Crippen LogP contribution in [0.4, 0.5) is 0 Å². The normalized spacial score (nSPS) is 20.5. The van der Waals surface area contributed by atoms with E-state index in [2.05, 4.69) is 0 Å². The van der Waals surface area contributed by atoms with Crippen LogP contribution >= 0.6 is 23.2 Å². The van der Waals surface area contributed by atoms with Crippen LogP contribution in [0.5, 0.6) is 0 Å². The molecular weight excluding hydrogens is 251 g/mol. The number of hydrogen-bond acceptors (Lipinski definition) is 2. The molecule has 0 unspecified atom stereocenters. The quantitative estimate of drug-likeness (QED) is 0.835. The van der Waals surface area contributed by atoms with Gasteiger partial charge < -0.3 is 14.6 Å². The molecule has 1 N–H and O–H groups in total. The first-order valence-corrected chi connectivity index (χ1v) is 5.74. The summed E-state index contributed by atoms with van der Waals surface area (Å²) in [6, 6.07) is 1.55. The summed E-state index contributed by atoms with van der Waals surface area (Å²) in [5.74, 6) is -0.146. The number of β-amino-alcohol motifs (C(OH)–C–C–N with tert-alkyl or cyclic N) is 1. The van der Waals surface area contributed by atoms with Gasteiger partial charge in [0.1, 0.15) is 10.8 Å². The van der Waals surface area contributed by atoms with E-state index in [9.17, 15) is 9.90 Å². The molecule has 16 heavy (non-hydrogen) atoms. The van der Waals surface area contributed by atoms with E-state index in [1.807, 2.05) is 0 Å². The van der Waals surface area contributed by atoms with Crippen LogP contribution in [-0.4, -0.2) is 39.7 Å². The van der Waals surface area contributed by atoms with E-state index in [1.165, 1.54) is 0 Å². The zero-order valence-corrected chi connectivity index (χ0v) is 10.3. The number of hydrogen-bond donors (Lipinski definition) is 1. The summed E-state index contributed by atoms with van der Waals surface area (Å²) in [5, 5.41) is 10.1. The van der Waals surface area contributed by atoms with E-state index in [0.29, 0.717) is 35.4 Å². The molecule has 1 aliphatic rings. The molecule has 0 aromatic carbocycles. The highest BCUT2D eigenvalue weighted by molar-refractivity contribution is 6.41. The third-order valence-corrected chi connectivity index (χ3v) is 3.63. The molecule has 1 atom stereocenters. The summed E-state index contributed by atoms with van der Waals surface area (Å²) in [5.41, 5.74) is 0.448. The average molecular weight is 263 g/mol. The lowest BCUT2D eigenvalue weighted by Gasteiger charge is -2.15. The molecule has 0 aliphatic carbocycles. The molecule has 1 aromatic rings. The summed E-state index contributed by atoms with van der Waals surface area (Å²) >= 11 is 11.7. The summed E-state index contributed by atoms with van der Waals surface area (Å²) in [6.45, 7) is 0.944. The number of likely N-dealkylation sites (tertiary alicyclic amines) is 1. The van der Waals surface area contributed by atoms with Gasteiger partial charge in [-0.2, -0.15) is 0 Å². The van der Waals surface area contributed by atoms with Crippen molar-refractivity contribution in [3.8, 4) is 0 Å². The van der Waals surface area contributed by atoms with Crippen molar-refractivity contribution in [1.82, 2.24) is 9.47 Å². The standard InChI is InChI=1S/C10H12Cl2N2O2/c1-13-8(4-7(11)9(13)12)10(16)14-3-2-6(15)5-14/h4,6,15H,2-3,5H2,1H3/t6-/m0/s1. The molecule has 1 aliphatic heterocycles. The molecule has 1 amide bonds. The molecule has 0 saturated carbocycles. The molecule has 4 nitrogen and oxygen atoms in total. The second-order valence-electron chi connectivity index (χ2n) is 3.92. The van der Waals surface area contributed by atoms with Crippen molar-refractivity contribution in [3.05, 3.63) is 21.9 Å². The lowest BCUT2D eigenvalue weighted by molar-refractivity contribution is 0.0755. The molecular formula is C10H12Cl2N2O2. The van der Waals surface area contributed by atoms with Gasteiger partial charge in [-0.3, -0.25) is 4.79 Å².